The average Bonchev–Trinajstić information content (AvgIpc) is 2.37. The van der Waals surface area contributed by atoms with Crippen molar-refractivity contribution in [3.8, 4) is 0 Å². The van der Waals surface area contributed by atoms with Crippen molar-refractivity contribution in [2.24, 2.45) is 5.84 Å². The molecule has 0 saturated carbocycles. The number of nitrogens with two attached hydrogens (primary N) is 2. The van der Waals surface area contributed by atoms with Gasteiger partial charge in [-0.05, 0) is 36.2 Å². The molecule has 0 radical (unpaired) electrons. The van der Waals surface area contributed by atoms with Gasteiger partial charge in [0.1, 0.15) is 11.6 Å². The van der Waals surface area contributed by atoms with Gasteiger partial charge in [0.25, 0.3) is 0 Å². The number of pyridine rings is 1. The summed E-state index contributed by atoms with van der Waals surface area (Å²) >= 11 is 5.79. The number of benzene rings is 1. The molecule has 2 rings (SSSR count). The van der Waals surface area contributed by atoms with E-state index in [1.54, 1.807) is 12.3 Å². The minimum atomic E-state index is -0.475. The van der Waals surface area contributed by atoms with Crippen LogP contribution in [0.4, 0.5) is 10.2 Å². The monoisotopic (exact) mass is 280 g/mol. The molecule has 1 unspecified atom stereocenters. The number of nitrogen functional groups attached to an aromatic ring is 1. The molecule has 1 aromatic heterocycles. The molecule has 2 aromatic rings. The number of hydrogen-bond acceptors (Lipinski definition) is 4. The molecule has 1 atom stereocenters. The third-order valence-corrected chi connectivity index (χ3v) is 3.26. The molecular formula is C13H14ClFN4. The van der Waals surface area contributed by atoms with Gasteiger partial charge in [0.2, 0.25) is 0 Å². The van der Waals surface area contributed by atoms with Crippen molar-refractivity contribution in [1.82, 2.24) is 10.4 Å². The van der Waals surface area contributed by atoms with Crippen molar-refractivity contribution in [3.63, 3.8) is 0 Å². The van der Waals surface area contributed by atoms with Crippen LogP contribution >= 0.6 is 11.6 Å². The lowest BCUT2D eigenvalue weighted by atomic mass is 9.96. The second kappa shape index (κ2) is 5.52. The van der Waals surface area contributed by atoms with Gasteiger partial charge in [0.15, 0.2) is 0 Å². The maximum absolute atomic E-state index is 13.2. The quantitative estimate of drug-likeness (QED) is 0.596. The zero-order chi connectivity index (χ0) is 14.0. The molecule has 0 saturated heterocycles. The maximum Gasteiger partial charge on any atom is 0.141 e. The second-order valence-electron chi connectivity index (χ2n) is 4.20. The van der Waals surface area contributed by atoms with Gasteiger partial charge in [0, 0.05) is 11.8 Å². The number of hydrogen-bond donors (Lipinski definition) is 3. The largest absolute Gasteiger partial charge is 0.383 e. The summed E-state index contributed by atoms with van der Waals surface area (Å²) in [4.78, 5) is 4.05. The zero-order valence-electron chi connectivity index (χ0n) is 10.3. The molecule has 5 N–H and O–H groups in total. The Labute approximate surface area is 115 Å². The fourth-order valence-electron chi connectivity index (χ4n) is 2.00. The molecule has 0 fully saturated rings. The lowest BCUT2D eigenvalue weighted by molar-refractivity contribution is 0.614. The molecule has 0 bridgehead atoms. The van der Waals surface area contributed by atoms with E-state index in [0.717, 1.165) is 16.7 Å². The average molecular weight is 281 g/mol. The van der Waals surface area contributed by atoms with Crippen LogP contribution in [0.5, 0.6) is 0 Å². The van der Waals surface area contributed by atoms with E-state index in [0.29, 0.717) is 5.82 Å². The molecule has 1 heterocycles. The van der Waals surface area contributed by atoms with Gasteiger partial charge < -0.3 is 5.73 Å². The lowest BCUT2D eigenvalue weighted by Gasteiger charge is -2.20. The summed E-state index contributed by atoms with van der Waals surface area (Å²) in [6, 6.07) is 5.86. The maximum atomic E-state index is 13.2. The molecule has 0 aliphatic carbocycles. The Kier molecular flexibility index (Phi) is 3.99. The van der Waals surface area contributed by atoms with Crippen molar-refractivity contribution in [2.45, 2.75) is 13.0 Å². The van der Waals surface area contributed by atoms with E-state index in [4.69, 9.17) is 23.2 Å². The number of nitrogens with zero attached hydrogens (tertiary/aromatic N) is 1. The van der Waals surface area contributed by atoms with Gasteiger partial charge >= 0.3 is 0 Å². The second-order valence-corrected chi connectivity index (χ2v) is 4.61. The molecule has 0 aliphatic heterocycles. The summed E-state index contributed by atoms with van der Waals surface area (Å²) in [5.74, 6) is 5.50. The third kappa shape index (κ3) is 2.68. The molecule has 4 nitrogen and oxygen atoms in total. The zero-order valence-corrected chi connectivity index (χ0v) is 11.1. The van der Waals surface area contributed by atoms with E-state index in [9.17, 15) is 4.39 Å². The van der Waals surface area contributed by atoms with E-state index in [1.807, 2.05) is 13.0 Å². The van der Waals surface area contributed by atoms with Crippen molar-refractivity contribution >= 4 is 17.4 Å². The number of aromatic nitrogens is 1. The van der Waals surface area contributed by atoms with Crippen LogP contribution in [0.25, 0.3) is 0 Å². The van der Waals surface area contributed by atoms with Gasteiger partial charge in [-0.2, -0.15) is 0 Å². The molecule has 1 aromatic carbocycles. The van der Waals surface area contributed by atoms with E-state index in [2.05, 4.69) is 10.4 Å². The number of rotatable bonds is 3. The predicted octanol–water partition coefficient (Wildman–Crippen LogP) is 2.32. The molecule has 100 valence electrons. The highest BCUT2D eigenvalue weighted by molar-refractivity contribution is 6.30. The van der Waals surface area contributed by atoms with Crippen molar-refractivity contribution in [3.05, 3.63) is 58.0 Å². The van der Waals surface area contributed by atoms with Crippen LogP contribution in [-0.4, -0.2) is 4.98 Å². The number of hydrazine groups is 1. The van der Waals surface area contributed by atoms with Gasteiger partial charge in [-0.1, -0.05) is 17.7 Å². The molecular weight excluding hydrogens is 267 g/mol. The van der Waals surface area contributed by atoms with Crippen LogP contribution < -0.4 is 17.0 Å². The predicted molar refractivity (Wildman–Crippen MR) is 74.0 cm³/mol. The number of nitrogens with one attached hydrogen (secondary N) is 1. The molecule has 6 heteroatoms. The number of halogens is 2. The molecule has 0 aliphatic rings. The fourth-order valence-corrected chi connectivity index (χ4v) is 2.19. The van der Waals surface area contributed by atoms with Crippen LogP contribution in [0, 0.1) is 12.7 Å². The third-order valence-electron chi connectivity index (χ3n) is 2.97. The van der Waals surface area contributed by atoms with Crippen LogP contribution in [-0.2, 0) is 0 Å². The molecule has 0 amide bonds. The molecule has 0 spiro atoms. The first kappa shape index (κ1) is 13.7. The topological polar surface area (TPSA) is 77.0 Å². The number of anilines is 1. The van der Waals surface area contributed by atoms with Gasteiger partial charge in [-0.3, -0.25) is 5.84 Å². The Morgan fingerprint density at radius 1 is 1.37 bits per heavy atom. The van der Waals surface area contributed by atoms with Crippen molar-refractivity contribution in [2.75, 3.05) is 5.73 Å². The lowest BCUT2D eigenvalue weighted by Crippen LogP contribution is -2.30. The van der Waals surface area contributed by atoms with Crippen molar-refractivity contribution in [1.29, 1.82) is 0 Å². The van der Waals surface area contributed by atoms with Crippen molar-refractivity contribution < 1.29 is 4.39 Å². The Hall–Kier alpha value is -1.69. The summed E-state index contributed by atoms with van der Waals surface area (Å²) in [5.41, 5.74) is 11.0. The first-order valence-electron chi connectivity index (χ1n) is 5.66. The van der Waals surface area contributed by atoms with E-state index in [1.165, 1.54) is 12.1 Å². The summed E-state index contributed by atoms with van der Waals surface area (Å²) in [6.07, 6.45) is 1.62. The normalized spacial score (nSPS) is 12.4. The van der Waals surface area contributed by atoms with Gasteiger partial charge in [-0.25, -0.2) is 14.8 Å². The van der Waals surface area contributed by atoms with E-state index < -0.39 is 11.9 Å². The van der Waals surface area contributed by atoms with Crippen LogP contribution in [0.3, 0.4) is 0 Å². The first-order valence-corrected chi connectivity index (χ1v) is 6.04. The van der Waals surface area contributed by atoms with Crippen LogP contribution in [0.2, 0.25) is 5.02 Å². The van der Waals surface area contributed by atoms with Gasteiger partial charge in [0.05, 0.1) is 11.1 Å². The Morgan fingerprint density at radius 2 is 2.11 bits per heavy atom. The SMILES string of the molecule is Cc1ccnc(N)c1C(NN)c1ccc(F)c(Cl)c1. The Balaban J connectivity index is 2.53. The van der Waals surface area contributed by atoms with Crippen LogP contribution in [0.15, 0.2) is 30.5 Å². The summed E-state index contributed by atoms with van der Waals surface area (Å²) in [6.45, 7) is 1.91. The summed E-state index contributed by atoms with van der Waals surface area (Å²) in [7, 11) is 0. The number of aryl methyl sites for hydroxylation is 1. The minimum absolute atomic E-state index is 0.0397. The van der Waals surface area contributed by atoms with E-state index >= 15 is 0 Å². The highest BCUT2D eigenvalue weighted by atomic mass is 35.5. The summed E-state index contributed by atoms with van der Waals surface area (Å²) in [5, 5.41) is 0.0397. The van der Waals surface area contributed by atoms with Crippen LogP contribution in [0.1, 0.15) is 22.7 Å². The summed E-state index contributed by atoms with van der Waals surface area (Å²) < 4.78 is 13.2. The van der Waals surface area contributed by atoms with E-state index in [-0.39, 0.29) is 5.02 Å². The molecule has 19 heavy (non-hydrogen) atoms. The fraction of sp³-hybridized carbons (Fsp3) is 0.154. The minimum Gasteiger partial charge on any atom is -0.383 e. The highest BCUT2D eigenvalue weighted by Gasteiger charge is 2.19. The smallest absolute Gasteiger partial charge is 0.141 e. The first-order chi connectivity index (χ1) is 9.04. The standard InChI is InChI=1S/C13H14ClFN4/c1-7-4-5-18-13(16)11(7)12(19-17)8-2-3-10(15)9(14)6-8/h2-6,12,19H,17H2,1H3,(H2,16,18). The highest BCUT2D eigenvalue weighted by Crippen LogP contribution is 2.29. The van der Waals surface area contributed by atoms with Gasteiger partial charge in [-0.15, -0.1) is 0 Å². The Bertz CT molecular complexity index is 583. The Morgan fingerprint density at radius 3 is 2.68 bits per heavy atom.